The van der Waals surface area contributed by atoms with Crippen molar-refractivity contribution in [1.29, 1.82) is 0 Å². The molecule has 8 unspecified atom stereocenters. The average Bonchev–Trinajstić information content (AvgIpc) is 3.51. The molecule has 6 aliphatic rings. The van der Waals surface area contributed by atoms with Crippen LogP contribution in [0.25, 0.3) is 0 Å². The fourth-order valence-electron chi connectivity index (χ4n) is 11.2. The molecule has 2 aromatic carbocycles. The van der Waals surface area contributed by atoms with E-state index in [1.807, 2.05) is 24.3 Å². The SMILES string of the molecule is CC12CCC3c4ccc(O)cc4CCC3C1CC[C@H]2O.CC12CCC3c4ccc(OSOO[O-])cc4CCC3C1CC[C@H]2O.[Na+]. The van der Waals surface area contributed by atoms with Crippen LogP contribution in [-0.4, -0.2) is 27.5 Å². The molecule has 6 aliphatic carbocycles. The van der Waals surface area contributed by atoms with E-state index in [-0.39, 0.29) is 52.6 Å². The van der Waals surface area contributed by atoms with E-state index in [1.54, 1.807) is 0 Å². The summed E-state index contributed by atoms with van der Waals surface area (Å²) in [4.78, 5) is 0. The van der Waals surface area contributed by atoms with Crippen molar-refractivity contribution in [1.82, 2.24) is 0 Å². The summed E-state index contributed by atoms with van der Waals surface area (Å²) in [5.74, 6) is 5.09. The summed E-state index contributed by atoms with van der Waals surface area (Å²) in [7, 11) is 0. The molecule has 0 aliphatic heterocycles. The topological polar surface area (TPSA) is 111 Å². The molecule has 0 aromatic heterocycles. The molecule has 7 nitrogen and oxygen atoms in total. The minimum Gasteiger partial charge on any atom is -0.691 e. The first-order valence-corrected chi connectivity index (χ1v) is 17.5. The quantitative estimate of drug-likeness (QED) is 0.152. The van der Waals surface area contributed by atoms with Gasteiger partial charge in [-0.25, -0.2) is 0 Å². The third-order valence-electron chi connectivity index (χ3n) is 13.5. The molecule has 0 heterocycles. The Kier molecular flexibility index (Phi) is 10.3. The van der Waals surface area contributed by atoms with Crippen LogP contribution in [0, 0.1) is 34.5 Å². The van der Waals surface area contributed by atoms with Gasteiger partial charge in [-0.05, 0) is 170 Å². The first kappa shape index (κ1) is 34.1. The zero-order valence-corrected chi connectivity index (χ0v) is 29.8. The fourth-order valence-corrected chi connectivity index (χ4v) is 11.4. The number of aliphatic hydroxyl groups excluding tert-OH is 2. The molecule has 8 rings (SSSR count). The molecule has 9 heteroatoms. The van der Waals surface area contributed by atoms with Gasteiger partial charge < -0.3 is 24.8 Å². The van der Waals surface area contributed by atoms with Crippen LogP contribution in [0.1, 0.15) is 112 Å². The first-order valence-electron chi connectivity index (χ1n) is 16.8. The van der Waals surface area contributed by atoms with Crippen LogP contribution in [0.4, 0.5) is 0 Å². The third-order valence-corrected chi connectivity index (χ3v) is 13.9. The Hall–Kier alpha value is -0.810. The van der Waals surface area contributed by atoms with Gasteiger partial charge in [-0.15, -0.1) is 4.33 Å². The van der Waals surface area contributed by atoms with E-state index in [9.17, 15) is 20.6 Å². The predicted molar refractivity (Wildman–Crippen MR) is 166 cm³/mol. The maximum atomic E-state index is 10.4. The largest absolute Gasteiger partial charge is 1.00 e. The van der Waals surface area contributed by atoms with Gasteiger partial charge in [-0.3, -0.25) is 5.04 Å². The van der Waals surface area contributed by atoms with Crippen molar-refractivity contribution in [2.75, 3.05) is 0 Å². The Bertz CT molecular complexity index is 1360. The van der Waals surface area contributed by atoms with Crippen molar-refractivity contribution >= 4 is 12.3 Å². The number of phenolic OH excluding ortho intramolecular Hbond substituents is 1. The van der Waals surface area contributed by atoms with Gasteiger partial charge in [-0.1, -0.05) is 26.0 Å². The summed E-state index contributed by atoms with van der Waals surface area (Å²) in [6.45, 7) is 4.62. The molecule has 0 radical (unpaired) electrons. The zero-order valence-electron chi connectivity index (χ0n) is 27.0. The average molecular weight is 647 g/mol. The Balaban J connectivity index is 0.000000158. The molecule has 45 heavy (non-hydrogen) atoms. The molecule has 2 aromatic rings. The Morgan fingerprint density at radius 2 is 1.27 bits per heavy atom. The normalized spacial score (nSPS) is 39.0. The van der Waals surface area contributed by atoms with Crippen LogP contribution < -0.4 is 39.0 Å². The van der Waals surface area contributed by atoms with Crippen LogP contribution >= 0.6 is 12.3 Å². The van der Waals surface area contributed by atoms with Crippen LogP contribution in [-0.2, 0) is 22.2 Å². The van der Waals surface area contributed by atoms with Crippen molar-refractivity contribution in [3.05, 3.63) is 58.7 Å². The van der Waals surface area contributed by atoms with Crippen molar-refractivity contribution in [2.24, 2.45) is 34.5 Å². The number of aliphatic hydroxyl groups is 2. The van der Waals surface area contributed by atoms with Gasteiger partial charge >= 0.3 is 29.6 Å². The maximum absolute atomic E-state index is 10.4. The van der Waals surface area contributed by atoms with E-state index >= 15 is 0 Å². The number of aromatic hydroxyl groups is 1. The number of aryl methyl sites for hydroxylation is 2. The molecule has 0 amide bonds. The molecule has 0 bridgehead atoms. The van der Waals surface area contributed by atoms with Crippen LogP contribution in [0.2, 0.25) is 0 Å². The second-order valence-electron chi connectivity index (χ2n) is 15.1. The summed E-state index contributed by atoms with van der Waals surface area (Å²) < 4.78 is 9.44. The summed E-state index contributed by atoms with van der Waals surface area (Å²) in [5.41, 5.74) is 5.88. The molecular weight excluding hydrogens is 599 g/mol. The number of hydrogen-bond acceptors (Lipinski definition) is 8. The molecule has 10 atom stereocenters. The second-order valence-corrected chi connectivity index (χ2v) is 15.6. The fraction of sp³-hybridized carbons (Fsp3) is 0.667. The second kappa shape index (κ2) is 13.6. The monoisotopic (exact) mass is 646 g/mol. The van der Waals surface area contributed by atoms with Crippen molar-refractivity contribution in [3.8, 4) is 11.5 Å². The van der Waals surface area contributed by atoms with Crippen molar-refractivity contribution in [3.63, 3.8) is 0 Å². The third kappa shape index (κ3) is 6.04. The number of rotatable bonds is 4. The van der Waals surface area contributed by atoms with Gasteiger partial charge in [0, 0.05) is 0 Å². The Morgan fingerprint density at radius 3 is 1.82 bits per heavy atom. The predicted octanol–water partition coefficient (Wildman–Crippen LogP) is 3.68. The molecule has 3 N–H and O–H groups in total. The standard InChI is InChI=1S/C18H24O5S.C18H24O2.Na/c1-18-9-8-14-13-5-3-12(21-24-23-22-20)10-11(13)2-4-15(14)16(18)6-7-17(18)19;1-18-9-8-14-13-5-3-12(19)10-11(13)2-4-15(14)16(18)6-7-17(18)20;/h3,5,10,14-17,19-20H,2,4,6-9H2,1H3;3,5,10,14-17,19-20H,2,4,6-9H2,1H3;/q;;+1/p-1/t2*14?,15?,16?,17-,18?;/m11./s1. The maximum Gasteiger partial charge on any atom is 1.00 e. The van der Waals surface area contributed by atoms with E-state index in [0.717, 1.165) is 50.9 Å². The first-order chi connectivity index (χ1) is 21.2. The number of hydrogen-bond donors (Lipinski definition) is 3. The van der Waals surface area contributed by atoms with E-state index < -0.39 is 0 Å². The van der Waals surface area contributed by atoms with Gasteiger partial charge in [0.05, 0.1) is 12.2 Å². The molecule has 240 valence electrons. The van der Waals surface area contributed by atoms with Crippen LogP contribution in [0.15, 0.2) is 36.4 Å². The number of phenols is 1. The number of benzene rings is 2. The van der Waals surface area contributed by atoms with Crippen molar-refractivity contribution in [2.45, 2.75) is 115 Å². The van der Waals surface area contributed by atoms with E-state index in [2.05, 4.69) is 35.4 Å². The van der Waals surface area contributed by atoms with Crippen LogP contribution in [0.3, 0.4) is 0 Å². The minimum atomic E-state index is -0.124. The van der Waals surface area contributed by atoms with E-state index in [4.69, 9.17) is 4.18 Å². The zero-order chi connectivity index (χ0) is 30.6. The summed E-state index contributed by atoms with van der Waals surface area (Å²) in [6, 6.07) is 12.1. The molecule has 4 fully saturated rings. The summed E-state index contributed by atoms with van der Waals surface area (Å²) in [6.07, 6.45) is 13.3. The van der Waals surface area contributed by atoms with E-state index in [0.29, 0.717) is 53.4 Å². The molecule has 0 saturated heterocycles. The Morgan fingerprint density at radius 1 is 0.733 bits per heavy atom. The van der Waals surface area contributed by atoms with E-state index in [1.165, 1.54) is 54.4 Å². The number of fused-ring (bicyclic) bond motifs is 10. The van der Waals surface area contributed by atoms with Gasteiger partial charge in [0.1, 0.15) is 11.5 Å². The Labute approximate surface area is 294 Å². The van der Waals surface area contributed by atoms with Gasteiger partial charge in [0.2, 0.25) is 0 Å². The van der Waals surface area contributed by atoms with Gasteiger partial charge in [0.25, 0.3) is 12.3 Å². The molecule has 4 saturated carbocycles. The summed E-state index contributed by atoms with van der Waals surface area (Å²) in [5, 5.41) is 43.6. The van der Waals surface area contributed by atoms with Gasteiger partial charge in [0.15, 0.2) is 0 Å². The molecular formula is C36H47NaO7S. The molecule has 0 spiro atoms. The van der Waals surface area contributed by atoms with Gasteiger partial charge in [-0.2, -0.15) is 0 Å². The smallest absolute Gasteiger partial charge is 0.691 e. The minimum absolute atomic E-state index is 0. The van der Waals surface area contributed by atoms with Crippen LogP contribution in [0.5, 0.6) is 11.5 Å². The summed E-state index contributed by atoms with van der Waals surface area (Å²) >= 11 is 0.530. The van der Waals surface area contributed by atoms with Crippen molar-refractivity contribution < 1.29 is 63.7 Å².